The van der Waals surface area contributed by atoms with Crippen LogP contribution in [0.3, 0.4) is 0 Å². The first kappa shape index (κ1) is 34.9. The molecule has 0 saturated heterocycles. The fraction of sp³-hybridized carbons (Fsp3) is 0.667. The minimum atomic E-state index is -2.77. The molecule has 0 fully saturated rings. The van der Waals surface area contributed by atoms with Gasteiger partial charge in [-0.1, -0.05) is 27.7 Å². The summed E-state index contributed by atoms with van der Waals surface area (Å²) in [6.45, 7) is 15.6. The standard InChI is InChI=1S/2C12H21N2O3PS/c2*1-6-15-18(19,16-7-2)17-11-8-10(5)13-12(14-11)9(3)4/h2*8-9H,6-7H2,1-5H3. The molecular formula is C24H42N4O6P2S2. The summed E-state index contributed by atoms with van der Waals surface area (Å²) in [6, 6.07) is 3.48. The molecule has 0 saturated carbocycles. The highest BCUT2D eigenvalue weighted by molar-refractivity contribution is 8.08. The molecule has 14 heteroatoms. The molecule has 0 atom stereocenters. The summed E-state index contributed by atoms with van der Waals surface area (Å²) >= 11 is 10.6. The van der Waals surface area contributed by atoms with E-state index < -0.39 is 13.4 Å². The molecule has 38 heavy (non-hydrogen) atoms. The third kappa shape index (κ3) is 12.4. The first-order chi connectivity index (χ1) is 17.8. The summed E-state index contributed by atoms with van der Waals surface area (Å²) in [5.41, 5.74) is 1.67. The van der Waals surface area contributed by atoms with Crippen LogP contribution in [0.5, 0.6) is 11.8 Å². The molecule has 0 spiro atoms. The molecule has 0 aliphatic carbocycles. The maximum Gasteiger partial charge on any atom is 0.381 e. The van der Waals surface area contributed by atoms with Crippen LogP contribution in [0.2, 0.25) is 0 Å². The van der Waals surface area contributed by atoms with Crippen molar-refractivity contribution >= 4 is 37.1 Å². The van der Waals surface area contributed by atoms with Crippen molar-refractivity contribution in [3.8, 4) is 11.8 Å². The lowest BCUT2D eigenvalue weighted by Crippen LogP contribution is -2.06. The maximum absolute atomic E-state index is 5.68. The van der Waals surface area contributed by atoms with Gasteiger partial charge in [0.2, 0.25) is 11.8 Å². The third-order valence-corrected chi connectivity index (χ3v) is 9.12. The van der Waals surface area contributed by atoms with Crippen molar-refractivity contribution in [2.75, 3.05) is 26.4 Å². The van der Waals surface area contributed by atoms with Crippen molar-refractivity contribution < 1.29 is 27.1 Å². The highest BCUT2D eigenvalue weighted by atomic mass is 32.5. The maximum atomic E-state index is 5.68. The van der Waals surface area contributed by atoms with E-state index >= 15 is 0 Å². The minimum Gasteiger partial charge on any atom is -0.406 e. The van der Waals surface area contributed by atoms with Gasteiger partial charge in [0.15, 0.2) is 0 Å². The molecule has 0 N–H and O–H groups in total. The van der Waals surface area contributed by atoms with Crippen LogP contribution in [0.15, 0.2) is 12.1 Å². The van der Waals surface area contributed by atoms with Gasteiger partial charge in [0.25, 0.3) is 0 Å². The summed E-state index contributed by atoms with van der Waals surface area (Å²) in [6.07, 6.45) is 0. The van der Waals surface area contributed by atoms with Crippen molar-refractivity contribution in [1.29, 1.82) is 0 Å². The van der Waals surface area contributed by atoms with Crippen LogP contribution in [0, 0.1) is 13.8 Å². The molecule has 0 aliphatic rings. The Morgan fingerprint density at radius 2 is 0.895 bits per heavy atom. The molecule has 216 valence electrons. The largest absolute Gasteiger partial charge is 0.406 e. The Bertz CT molecular complexity index is 1000. The Morgan fingerprint density at radius 3 is 1.13 bits per heavy atom. The lowest BCUT2D eigenvalue weighted by atomic mass is 10.2. The third-order valence-electron chi connectivity index (χ3n) is 4.29. The summed E-state index contributed by atoms with van der Waals surface area (Å²) < 4.78 is 33.1. The van der Waals surface area contributed by atoms with E-state index in [0.29, 0.717) is 38.2 Å². The van der Waals surface area contributed by atoms with Crippen molar-refractivity contribution in [2.45, 2.75) is 81.1 Å². The lowest BCUT2D eigenvalue weighted by Gasteiger charge is -2.21. The van der Waals surface area contributed by atoms with Gasteiger partial charge in [-0.2, -0.15) is 9.97 Å². The predicted molar refractivity (Wildman–Crippen MR) is 158 cm³/mol. The second-order valence-electron chi connectivity index (χ2n) is 8.47. The minimum absolute atomic E-state index is 0.222. The second-order valence-corrected chi connectivity index (χ2v) is 14.3. The smallest absolute Gasteiger partial charge is 0.381 e. The number of hydrogen-bond donors (Lipinski definition) is 0. The van der Waals surface area contributed by atoms with E-state index in [1.165, 1.54) is 0 Å². The first-order valence-electron chi connectivity index (χ1n) is 12.7. The topological polar surface area (TPSA) is 107 Å². The first-order valence-corrected chi connectivity index (χ1v) is 17.8. The molecule has 0 radical (unpaired) electrons. The van der Waals surface area contributed by atoms with E-state index in [2.05, 4.69) is 19.9 Å². The number of rotatable bonds is 14. The normalized spacial score (nSPS) is 11.9. The zero-order valence-electron chi connectivity index (χ0n) is 24.1. The van der Waals surface area contributed by atoms with Crippen molar-refractivity contribution in [3.63, 3.8) is 0 Å². The fourth-order valence-corrected chi connectivity index (χ4v) is 6.77. The summed E-state index contributed by atoms with van der Waals surface area (Å²) in [5, 5.41) is 0. The van der Waals surface area contributed by atoms with E-state index in [9.17, 15) is 0 Å². The van der Waals surface area contributed by atoms with Gasteiger partial charge in [-0.3, -0.25) is 18.1 Å². The Kier molecular flexibility index (Phi) is 15.5. The Morgan fingerprint density at radius 1 is 0.605 bits per heavy atom. The van der Waals surface area contributed by atoms with E-state index in [1.807, 2.05) is 69.2 Å². The number of nitrogens with zero attached hydrogens (tertiary/aromatic N) is 4. The zero-order chi connectivity index (χ0) is 28.9. The molecule has 10 nitrogen and oxygen atoms in total. The van der Waals surface area contributed by atoms with Crippen LogP contribution in [-0.2, 0) is 41.7 Å². The molecular weight excluding hydrogens is 566 g/mol. The van der Waals surface area contributed by atoms with Crippen molar-refractivity contribution in [2.24, 2.45) is 0 Å². The van der Waals surface area contributed by atoms with Crippen LogP contribution in [0.4, 0.5) is 0 Å². The number of aromatic nitrogens is 4. The highest BCUT2D eigenvalue weighted by Gasteiger charge is 2.24. The predicted octanol–water partition coefficient (Wildman–Crippen LogP) is 7.17. The van der Waals surface area contributed by atoms with Gasteiger partial charge in [0.05, 0.1) is 26.4 Å². The summed E-state index contributed by atoms with van der Waals surface area (Å²) in [4.78, 5) is 17.4. The van der Waals surface area contributed by atoms with Gasteiger partial charge in [-0.15, -0.1) is 0 Å². The Hall–Kier alpha value is -1.10. The second kappa shape index (κ2) is 16.9. The van der Waals surface area contributed by atoms with E-state index in [0.717, 1.165) is 23.0 Å². The molecule has 0 aliphatic heterocycles. The molecule has 2 rings (SSSR count). The molecule has 2 aromatic rings. The van der Waals surface area contributed by atoms with Gasteiger partial charge in [-0.25, -0.2) is 9.97 Å². The number of aryl methyl sites for hydroxylation is 2. The quantitative estimate of drug-likeness (QED) is 0.203. The molecule has 0 bridgehead atoms. The zero-order valence-corrected chi connectivity index (χ0v) is 27.5. The van der Waals surface area contributed by atoms with Crippen molar-refractivity contribution in [3.05, 3.63) is 35.2 Å². The van der Waals surface area contributed by atoms with Crippen LogP contribution in [0.25, 0.3) is 0 Å². The SMILES string of the molecule is CCOP(=S)(OCC)Oc1cc(C)nc(C(C)C)n1.CCOP(=S)(OCC)Oc1cc(C)nc(C(C)C)n1. The van der Waals surface area contributed by atoms with Crippen LogP contribution in [-0.4, -0.2) is 46.4 Å². The molecule has 0 amide bonds. The highest BCUT2D eigenvalue weighted by Crippen LogP contribution is 2.50. The Labute approximate surface area is 238 Å². The van der Waals surface area contributed by atoms with Gasteiger partial charge in [0, 0.05) is 59.0 Å². The summed E-state index contributed by atoms with van der Waals surface area (Å²) in [7, 11) is 0. The fourth-order valence-electron chi connectivity index (χ4n) is 2.78. The molecule has 2 heterocycles. The van der Waals surface area contributed by atoms with Gasteiger partial charge < -0.3 is 9.05 Å². The van der Waals surface area contributed by atoms with Crippen LogP contribution in [0.1, 0.15) is 90.3 Å². The molecule has 0 unspecified atom stereocenters. The average Bonchev–Trinajstić information content (AvgIpc) is 2.79. The van der Waals surface area contributed by atoms with Gasteiger partial charge in [-0.05, 0) is 41.5 Å². The van der Waals surface area contributed by atoms with E-state index in [4.69, 9.17) is 50.8 Å². The van der Waals surface area contributed by atoms with Crippen molar-refractivity contribution in [1.82, 2.24) is 19.9 Å². The van der Waals surface area contributed by atoms with E-state index in [1.54, 1.807) is 12.1 Å². The lowest BCUT2D eigenvalue weighted by molar-refractivity contribution is 0.215. The summed E-state index contributed by atoms with van der Waals surface area (Å²) in [5.74, 6) is 2.73. The number of hydrogen-bond acceptors (Lipinski definition) is 12. The monoisotopic (exact) mass is 608 g/mol. The molecule has 2 aromatic heterocycles. The molecule has 0 aromatic carbocycles. The van der Waals surface area contributed by atoms with E-state index in [-0.39, 0.29) is 11.8 Å². The Balaban J connectivity index is 0.000000380. The van der Waals surface area contributed by atoms with Crippen LogP contribution < -0.4 is 9.05 Å². The average molecular weight is 609 g/mol. The van der Waals surface area contributed by atoms with Crippen LogP contribution >= 0.6 is 13.4 Å². The van der Waals surface area contributed by atoms with Gasteiger partial charge in [0.1, 0.15) is 11.6 Å². The van der Waals surface area contributed by atoms with Gasteiger partial charge >= 0.3 is 13.4 Å².